The molecule has 0 aromatic carbocycles. The van der Waals surface area contributed by atoms with Gasteiger partial charge in [0.1, 0.15) is 0 Å². The van der Waals surface area contributed by atoms with E-state index in [4.69, 9.17) is 10.2 Å². The van der Waals surface area contributed by atoms with Crippen LogP contribution in [0.25, 0.3) is 0 Å². The van der Waals surface area contributed by atoms with Crippen LogP contribution in [0.4, 0.5) is 0 Å². The normalized spacial score (nSPS) is 18.3. The number of hydrogen-bond acceptors (Lipinski definition) is 3. The highest BCUT2D eigenvalue weighted by Crippen LogP contribution is 2.27. The first kappa shape index (κ1) is 8.97. The lowest BCUT2D eigenvalue weighted by atomic mass is 10.2. The van der Waals surface area contributed by atoms with Crippen molar-refractivity contribution in [3.8, 4) is 0 Å². The smallest absolute Gasteiger partial charge is 0.0609 e. The summed E-state index contributed by atoms with van der Waals surface area (Å²) in [6, 6.07) is 0.594. The average molecular weight is 159 g/mol. The number of rotatable bonds is 5. The first-order chi connectivity index (χ1) is 5.33. The Balaban J connectivity index is 2.36. The first-order valence-corrected chi connectivity index (χ1v) is 4.31. The van der Waals surface area contributed by atoms with E-state index in [0.29, 0.717) is 6.04 Å². The van der Waals surface area contributed by atoms with Crippen molar-refractivity contribution in [3.63, 3.8) is 0 Å². The quantitative estimate of drug-likeness (QED) is 0.585. The monoisotopic (exact) mass is 159 g/mol. The van der Waals surface area contributed by atoms with Crippen molar-refractivity contribution in [2.75, 3.05) is 19.8 Å². The Morgan fingerprint density at radius 2 is 1.91 bits per heavy atom. The summed E-state index contributed by atoms with van der Waals surface area (Å²) in [5.41, 5.74) is 0. The molecule has 0 atom stereocenters. The zero-order chi connectivity index (χ0) is 8.27. The molecule has 0 amide bonds. The maximum Gasteiger partial charge on any atom is 0.0609 e. The molecule has 1 aliphatic carbocycles. The van der Waals surface area contributed by atoms with Crippen molar-refractivity contribution in [2.24, 2.45) is 0 Å². The molecule has 0 heterocycles. The van der Waals surface area contributed by atoms with Crippen LogP contribution in [0.3, 0.4) is 0 Å². The van der Waals surface area contributed by atoms with Gasteiger partial charge in [-0.3, -0.25) is 4.90 Å². The molecule has 0 radical (unpaired) electrons. The molecule has 3 nitrogen and oxygen atoms in total. The van der Waals surface area contributed by atoms with Crippen LogP contribution >= 0.6 is 0 Å². The van der Waals surface area contributed by atoms with Crippen molar-refractivity contribution in [3.05, 3.63) is 0 Å². The van der Waals surface area contributed by atoms with E-state index < -0.39 is 0 Å². The van der Waals surface area contributed by atoms with E-state index in [0.717, 1.165) is 6.54 Å². The predicted molar refractivity (Wildman–Crippen MR) is 43.4 cm³/mol. The van der Waals surface area contributed by atoms with Gasteiger partial charge >= 0.3 is 0 Å². The maximum absolute atomic E-state index is 8.90. The Bertz CT molecular complexity index is 111. The summed E-state index contributed by atoms with van der Waals surface area (Å²) in [5, 5.41) is 17.8. The van der Waals surface area contributed by atoms with Crippen molar-refractivity contribution in [1.29, 1.82) is 0 Å². The van der Waals surface area contributed by atoms with Crippen LogP contribution in [-0.4, -0.2) is 47.0 Å². The molecular weight excluding hydrogens is 142 g/mol. The first-order valence-electron chi connectivity index (χ1n) is 4.31. The molecule has 3 heteroatoms. The van der Waals surface area contributed by atoms with Gasteiger partial charge in [-0.15, -0.1) is 0 Å². The Labute approximate surface area is 67.6 Å². The van der Waals surface area contributed by atoms with Crippen LogP contribution in [0.2, 0.25) is 0 Å². The van der Waals surface area contributed by atoms with Gasteiger partial charge in [-0.2, -0.15) is 0 Å². The predicted octanol–water partition coefficient (Wildman–Crippen LogP) is -0.176. The van der Waals surface area contributed by atoms with E-state index in [9.17, 15) is 0 Å². The summed E-state index contributed by atoms with van der Waals surface area (Å²) in [5.74, 6) is 0. The standard InChI is InChI=1S/C8H17NO2/c1-2-9(7-3-4-7)8(5-10)6-11/h7-8,10-11H,2-6H2,1H3. The van der Waals surface area contributed by atoms with Gasteiger partial charge in [0.2, 0.25) is 0 Å². The molecule has 1 aliphatic rings. The van der Waals surface area contributed by atoms with Crippen molar-refractivity contribution in [1.82, 2.24) is 4.90 Å². The third kappa shape index (κ3) is 2.15. The Hall–Kier alpha value is -0.120. The lowest BCUT2D eigenvalue weighted by Crippen LogP contribution is -2.41. The van der Waals surface area contributed by atoms with Crippen LogP contribution in [0, 0.1) is 0 Å². The van der Waals surface area contributed by atoms with Crippen LogP contribution in [-0.2, 0) is 0 Å². The lowest BCUT2D eigenvalue weighted by Gasteiger charge is -2.27. The number of aliphatic hydroxyl groups is 2. The summed E-state index contributed by atoms with van der Waals surface area (Å²) in [7, 11) is 0. The maximum atomic E-state index is 8.90. The highest BCUT2D eigenvalue weighted by Gasteiger charge is 2.31. The van der Waals surface area contributed by atoms with Crippen LogP contribution in [0.1, 0.15) is 19.8 Å². The molecule has 0 saturated heterocycles. The molecule has 1 saturated carbocycles. The van der Waals surface area contributed by atoms with E-state index in [1.54, 1.807) is 0 Å². The van der Waals surface area contributed by atoms with Gasteiger partial charge in [-0.25, -0.2) is 0 Å². The molecule has 2 N–H and O–H groups in total. The molecule has 1 fully saturated rings. The second kappa shape index (κ2) is 4.04. The molecule has 0 aromatic rings. The van der Waals surface area contributed by atoms with Gasteiger partial charge in [-0.05, 0) is 19.4 Å². The van der Waals surface area contributed by atoms with Gasteiger partial charge in [0.25, 0.3) is 0 Å². The SMILES string of the molecule is CCN(C(CO)CO)C1CC1. The highest BCUT2D eigenvalue weighted by molar-refractivity contribution is 4.87. The summed E-state index contributed by atoms with van der Waals surface area (Å²) >= 11 is 0. The number of likely N-dealkylation sites (N-methyl/N-ethyl adjacent to an activating group) is 1. The second-order valence-electron chi connectivity index (χ2n) is 3.08. The molecule has 66 valence electrons. The van der Waals surface area contributed by atoms with Gasteiger partial charge < -0.3 is 10.2 Å². The molecule has 0 bridgehead atoms. The third-order valence-corrected chi connectivity index (χ3v) is 2.27. The molecule has 0 aromatic heterocycles. The molecular formula is C8H17NO2. The van der Waals surface area contributed by atoms with Gasteiger partial charge in [0, 0.05) is 6.04 Å². The van der Waals surface area contributed by atoms with E-state index in [-0.39, 0.29) is 19.3 Å². The van der Waals surface area contributed by atoms with Crippen LogP contribution in [0.5, 0.6) is 0 Å². The summed E-state index contributed by atoms with van der Waals surface area (Å²) in [4.78, 5) is 2.18. The fraction of sp³-hybridized carbons (Fsp3) is 1.00. The number of hydrogen-bond donors (Lipinski definition) is 2. The minimum atomic E-state index is -0.0347. The fourth-order valence-electron chi connectivity index (χ4n) is 1.49. The summed E-state index contributed by atoms with van der Waals surface area (Å²) in [6.07, 6.45) is 2.45. The lowest BCUT2D eigenvalue weighted by molar-refractivity contribution is 0.0721. The molecule has 0 unspecified atom stereocenters. The van der Waals surface area contributed by atoms with Gasteiger partial charge in [0.05, 0.1) is 19.3 Å². The molecule has 0 aliphatic heterocycles. The second-order valence-corrected chi connectivity index (χ2v) is 3.08. The van der Waals surface area contributed by atoms with E-state index >= 15 is 0 Å². The Kier molecular flexibility index (Phi) is 3.30. The molecule has 1 rings (SSSR count). The van der Waals surface area contributed by atoms with E-state index in [1.165, 1.54) is 12.8 Å². The van der Waals surface area contributed by atoms with Gasteiger partial charge in [0.15, 0.2) is 0 Å². The molecule has 11 heavy (non-hydrogen) atoms. The van der Waals surface area contributed by atoms with Crippen molar-refractivity contribution >= 4 is 0 Å². The van der Waals surface area contributed by atoms with Gasteiger partial charge in [-0.1, -0.05) is 6.92 Å². The van der Waals surface area contributed by atoms with Crippen LogP contribution in [0.15, 0.2) is 0 Å². The zero-order valence-corrected chi connectivity index (χ0v) is 7.03. The van der Waals surface area contributed by atoms with Crippen molar-refractivity contribution < 1.29 is 10.2 Å². The fourth-order valence-corrected chi connectivity index (χ4v) is 1.49. The average Bonchev–Trinajstić information content (AvgIpc) is 2.82. The Morgan fingerprint density at radius 1 is 1.36 bits per heavy atom. The van der Waals surface area contributed by atoms with E-state index in [1.807, 2.05) is 0 Å². The minimum Gasteiger partial charge on any atom is -0.395 e. The Morgan fingerprint density at radius 3 is 2.18 bits per heavy atom. The summed E-state index contributed by atoms with van der Waals surface area (Å²) < 4.78 is 0. The number of nitrogens with zero attached hydrogens (tertiary/aromatic N) is 1. The van der Waals surface area contributed by atoms with E-state index in [2.05, 4.69) is 11.8 Å². The topological polar surface area (TPSA) is 43.7 Å². The third-order valence-electron chi connectivity index (χ3n) is 2.27. The highest BCUT2D eigenvalue weighted by atomic mass is 16.3. The zero-order valence-electron chi connectivity index (χ0n) is 7.03. The van der Waals surface area contributed by atoms with Crippen LogP contribution < -0.4 is 0 Å². The summed E-state index contributed by atoms with van der Waals surface area (Å²) in [6.45, 7) is 3.13. The van der Waals surface area contributed by atoms with Crippen molar-refractivity contribution in [2.45, 2.75) is 31.8 Å². The number of aliphatic hydroxyl groups excluding tert-OH is 2. The largest absolute Gasteiger partial charge is 0.395 e. The molecule has 0 spiro atoms. The minimum absolute atomic E-state index is 0.0347.